The fourth-order valence-corrected chi connectivity index (χ4v) is 2.43. The molecule has 0 radical (unpaired) electrons. The second kappa shape index (κ2) is 7.67. The monoisotopic (exact) mass is 259 g/mol. The largest absolute Gasteiger partial charge is 0.313 e. The van der Waals surface area contributed by atoms with Crippen molar-refractivity contribution in [2.24, 2.45) is 0 Å². The standard InChI is InChI=1S/C13H19F2NS/c1-3-11(4-2)16-7-8-17-13-9-10(14)5-6-12(13)15/h5-6,9,11,16H,3-4,7-8H2,1-2H3. The lowest BCUT2D eigenvalue weighted by Crippen LogP contribution is -2.29. The molecular formula is C13H19F2NS. The summed E-state index contributed by atoms with van der Waals surface area (Å²) in [6, 6.07) is 4.08. The first-order valence-electron chi connectivity index (χ1n) is 5.98. The van der Waals surface area contributed by atoms with E-state index in [9.17, 15) is 8.78 Å². The van der Waals surface area contributed by atoms with Crippen LogP contribution in [-0.2, 0) is 0 Å². The summed E-state index contributed by atoms with van der Waals surface area (Å²) in [5, 5.41) is 3.39. The molecule has 0 aliphatic heterocycles. The van der Waals surface area contributed by atoms with E-state index >= 15 is 0 Å². The summed E-state index contributed by atoms with van der Waals surface area (Å²) in [5.74, 6) is 0.0115. The molecule has 17 heavy (non-hydrogen) atoms. The van der Waals surface area contributed by atoms with Crippen molar-refractivity contribution in [2.45, 2.75) is 37.6 Å². The van der Waals surface area contributed by atoms with Gasteiger partial charge in [0.05, 0.1) is 0 Å². The molecule has 0 aromatic heterocycles. The van der Waals surface area contributed by atoms with E-state index in [1.807, 2.05) is 0 Å². The third kappa shape index (κ3) is 5.04. The van der Waals surface area contributed by atoms with Crippen LogP contribution in [0.3, 0.4) is 0 Å². The van der Waals surface area contributed by atoms with E-state index in [1.165, 1.54) is 23.9 Å². The van der Waals surface area contributed by atoms with Crippen molar-refractivity contribution in [2.75, 3.05) is 12.3 Å². The fourth-order valence-electron chi connectivity index (χ4n) is 1.59. The number of hydrogen-bond donors (Lipinski definition) is 1. The molecule has 0 aliphatic carbocycles. The van der Waals surface area contributed by atoms with E-state index in [0.29, 0.717) is 10.9 Å². The van der Waals surface area contributed by atoms with Gasteiger partial charge in [-0.2, -0.15) is 0 Å². The summed E-state index contributed by atoms with van der Waals surface area (Å²) in [4.78, 5) is 0.386. The summed E-state index contributed by atoms with van der Waals surface area (Å²) in [5.41, 5.74) is 0. The smallest absolute Gasteiger partial charge is 0.136 e. The number of nitrogens with one attached hydrogen (secondary N) is 1. The molecular weight excluding hydrogens is 240 g/mol. The molecule has 0 fully saturated rings. The van der Waals surface area contributed by atoms with E-state index in [0.717, 1.165) is 31.2 Å². The Labute approximate surface area is 106 Å². The number of benzene rings is 1. The molecule has 1 nitrogen and oxygen atoms in total. The average Bonchev–Trinajstić information content (AvgIpc) is 2.33. The molecule has 0 amide bonds. The summed E-state index contributed by atoms with van der Waals surface area (Å²) in [7, 11) is 0. The van der Waals surface area contributed by atoms with Crippen LogP contribution in [0.5, 0.6) is 0 Å². The van der Waals surface area contributed by atoms with Crippen molar-refractivity contribution in [3.63, 3.8) is 0 Å². The molecule has 0 heterocycles. The summed E-state index contributed by atoms with van der Waals surface area (Å²) < 4.78 is 26.2. The lowest BCUT2D eigenvalue weighted by molar-refractivity contribution is 0.501. The van der Waals surface area contributed by atoms with Crippen molar-refractivity contribution >= 4 is 11.8 Å². The normalized spacial score (nSPS) is 11.1. The van der Waals surface area contributed by atoms with Crippen LogP contribution in [0.25, 0.3) is 0 Å². The Bertz CT molecular complexity index is 340. The Morgan fingerprint density at radius 2 is 1.94 bits per heavy atom. The van der Waals surface area contributed by atoms with Gasteiger partial charge in [0.1, 0.15) is 11.6 Å². The zero-order valence-electron chi connectivity index (χ0n) is 10.3. The van der Waals surface area contributed by atoms with Gasteiger partial charge < -0.3 is 5.32 Å². The topological polar surface area (TPSA) is 12.0 Å². The van der Waals surface area contributed by atoms with Crippen molar-refractivity contribution in [3.8, 4) is 0 Å². The van der Waals surface area contributed by atoms with Crippen LogP contribution in [0.1, 0.15) is 26.7 Å². The van der Waals surface area contributed by atoms with Gasteiger partial charge in [0.2, 0.25) is 0 Å². The average molecular weight is 259 g/mol. The maximum Gasteiger partial charge on any atom is 0.136 e. The summed E-state index contributed by atoms with van der Waals surface area (Å²) in [6.07, 6.45) is 2.19. The first kappa shape index (κ1) is 14.5. The van der Waals surface area contributed by atoms with E-state index < -0.39 is 0 Å². The highest BCUT2D eigenvalue weighted by atomic mass is 32.2. The van der Waals surface area contributed by atoms with Crippen LogP contribution in [0.2, 0.25) is 0 Å². The number of hydrogen-bond acceptors (Lipinski definition) is 2. The molecule has 1 aromatic carbocycles. The van der Waals surface area contributed by atoms with Crippen molar-refractivity contribution < 1.29 is 8.78 Å². The third-order valence-corrected chi connectivity index (χ3v) is 3.70. The minimum Gasteiger partial charge on any atom is -0.313 e. The first-order valence-corrected chi connectivity index (χ1v) is 6.97. The molecule has 0 spiro atoms. The molecule has 1 rings (SSSR count). The fraction of sp³-hybridized carbons (Fsp3) is 0.538. The minimum absolute atomic E-state index is 0.348. The van der Waals surface area contributed by atoms with Crippen LogP contribution < -0.4 is 5.32 Å². The summed E-state index contributed by atoms with van der Waals surface area (Å²) in [6.45, 7) is 5.09. The van der Waals surface area contributed by atoms with Gasteiger partial charge in [-0.3, -0.25) is 0 Å². The Balaban J connectivity index is 2.33. The first-order chi connectivity index (χ1) is 8.17. The van der Waals surface area contributed by atoms with E-state index in [2.05, 4.69) is 19.2 Å². The van der Waals surface area contributed by atoms with Gasteiger partial charge >= 0.3 is 0 Å². The zero-order valence-corrected chi connectivity index (χ0v) is 11.1. The van der Waals surface area contributed by atoms with Gasteiger partial charge in [0.25, 0.3) is 0 Å². The number of halogens is 2. The van der Waals surface area contributed by atoms with Crippen LogP contribution in [0.4, 0.5) is 8.78 Å². The van der Waals surface area contributed by atoms with E-state index in [1.54, 1.807) is 0 Å². The number of thioether (sulfide) groups is 1. The molecule has 4 heteroatoms. The van der Waals surface area contributed by atoms with E-state index in [-0.39, 0.29) is 11.6 Å². The minimum atomic E-state index is -0.387. The molecule has 0 saturated heterocycles. The quantitative estimate of drug-likeness (QED) is 0.590. The van der Waals surface area contributed by atoms with Crippen LogP contribution in [0.15, 0.2) is 23.1 Å². The number of rotatable bonds is 7. The van der Waals surface area contributed by atoms with Crippen LogP contribution in [-0.4, -0.2) is 18.3 Å². The van der Waals surface area contributed by atoms with Crippen molar-refractivity contribution in [1.82, 2.24) is 5.32 Å². The highest BCUT2D eigenvalue weighted by molar-refractivity contribution is 7.99. The lowest BCUT2D eigenvalue weighted by Gasteiger charge is -2.14. The van der Waals surface area contributed by atoms with Gasteiger partial charge in [0, 0.05) is 23.2 Å². The molecule has 1 aromatic rings. The van der Waals surface area contributed by atoms with Crippen LogP contribution in [0, 0.1) is 11.6 Å². The Morgan fingerprint density at radius 3 is 2.59 bits per heavy atom. The van der Waals surface area contributed by atoms with Gasteiger partial charge in [-0.05, 0) is 31.0 Å². The zero-order chi connectivity index (χ0) is 12.7. The third-order valence-electron chi connectivity index (χ3n) is 2.67. The molecule has 0 atom stereocenters. The highest BCUT2D eigenvalue weighted by Crippen LogP contribution is 2.22. The van der Waals surface area contributed by atoms with E-state index in [4.69, 9.17) is 0 Å². The maximum atomic E-state index is 13.3. The predicted molar refractivity (Wildman–Crippen MR) is 69.5 cm³/mol. The Hall–Kier alpha value is -0.610. The van der Waals surface area contributed by atoms with Crippen molar-refractivity contribution in [1.29, 1.82) is 0 Å². The molecule has 96 valence electrons. The Kier molecular flexibility index (Phi) is 6.52. The van der Waals surface area contributed by atoms with Crippen LogP contribution >= 0.6 is 11.8 Å². The SMILES string of the molecule is CCC(CC)NCCSc1cc(F)ccc1F. The molecule has 0 saturated carbocycles. The second-order valence-corrected chi connectivity index (χ2v) is 5.03. The highest BCUT2D eigenvalue weighted by Gasteiger charge is 2.05. The second-order valence-electron chi connectivity index (χ2n) is 3.89. The van der Waals surface area contributed by atoms with Gasteiger partial charge in [-0.1, -0.05) is 13.8 Å². The molecule has 1 N–H and O–H groups in total. The molecule has 0 unspecified atom stereocenters. The van der Waals surface area contributed by atoms with Crippen molar-refractivity contribution in [3.05, 3.63) is 29.8 Å². The van der Waals surface area contributed by atoms with Gasteiger partial charge in [-0.25, -0.2) is 8.78 Å². The maximum absolute atomic E-state index is 13.3. The van der Waals surface area contributed by atoms with Gasteiger partial charge in [0.15, 0.2) is 0 Å². The lowest BCUT2D eigenvalue weighted by atomic mass is 10.2. The molecule has 0 bridgehead atoms. The predicted octanol–water partition coefficient (Wildman–Crippen LogP) is 3.84. The molecule has 0 aliphatic rings. The van der Waals surface area contributed by atoms with Gasteiger partial charge in [-0.15, -0.1) is 11.8 Å². The summed E-state index contributed by atoms with van der Waals surface area (Å²) >= 11 is 1.35. The Morgan fingerprint density at radius 1 is 1.24 bits per heavy atom.